The number of rotatable bonds is 14. The Morgan fingerprint density at radius 2 is 1.76 bits per heavy atom. The third kappa shape index (κ3) is 11.9. The van der Waals surface area contributed by atoms with Gasteiger partial charge in [-0.05, 0) is 64.4 Å². The van der Waals surface area contributed by atoms with E-state index in [4.69, 9.17) is 9.47 Å². The minimum atomic E-state index is -0.740. The number of likely N-dealkylation sites (tertiary alicyclic amines) is 1. The number of nitrogens with one attached hydrogen (secondary N) is 2. The highest BCUT2D eigenvalue weighted by Gasteiger charge is 2.38. The molecule has 1 aromatic carbocycles. The van der Waals surface area contributed by atoms with Crippen molar-refractivity contribution in [3.05, 3.63) is 48.0 Å². The van der Waals surface area contributed by atoms with Crippen molar-refractivity contribution in [3.63, 3.8) is 0 Å². The number of alkyl carbamates (subject to hydrolysis) is 1. The molecule has 0 spiro atoms. The van der Waals surface area contributed by atoms with Gasteiger partial charge in [-0.25, -0.2) is 9.59 Å². The summed E-state index contributed by atoms with van der Waals surface area (Å²) in [6, 6.07) is 8.01. The third-order valence-electron chi connectivity index (χ3n) is 7.11. The van der Waals surface area contributed by atoms with E-state index in [1.807, 2.05) is 70.2 Å². The van der Waals surface area contributed by atoms with E-state index in [9.17, 15) is 19.2 Å². The molecule has 9 heteroatoms. The molecule has 1 aromatic rings. The number of hydrogen-bond donors (Lipinski definition) is 2. The molecule has 0 aromatic heterocycles. The summed E-state index contributed by atoms with van der Waals surface area (Å²) in [5.74, 6) is -1.23. The van der Waals surface area contributed by atoms with Crippen molar-refractivity contribution in [2.75, 3.05) is 13.7 Å². The zero-order valence-corrected chi connectivity index (χ0v) is 26.5. The predicted octanol–water partition coefficient (Wildman–Crippen LogP) is 5.18. The molecule has 2 rings (SSSR count). The molecule has 1 aliphatic heterocycles. The van der Waals surface area contributed by atoms with E-state index in [2.05, 4.69) is 24.5 Å². The van der Waals surface area contributed by atoms with Crippen LogP contribution in [0.25, 0.3) is 0 Å². The number of carbonyl (C=O) groups is 4. The van der Waals surface area contributed by atoms with Gasteiger partial charge in [0.15, 0.2) is 0 Å². The van der Waals surface area contributed by atoms with Crippen LogP contribution in [0, 0.1) is 11.8 Å². The average molecular weight is 586 g/mol. The van der Waals surface area contributed by atoms with E-state index in [0.29, 0.717) is 44.6 Å². The number of esters is 1. The highest BCUT2D eigenvalue weighted by molar-refractivity contribution is 5.92. The number of benzene rings is 1. The van der Waals surface area contributed by atoms with Gasteiger partial charge in [0, 0.05) is 6.54 Å². The molecule has 0 bridgehead atoms. The van der Waals surface area contributed by atoms with Crippen molar-refractivity contribution in [2.24, 2.45) is 11.8 Å². The minimum Gasteiger partial charge on any atom is -0.467 e. The van der Waals surface area contributed by atoms with Crippen LogP contribution in [0.4, 0.5) is 4.79 Å². The standard InChI is InChI=1S/C33H51N3O6/c1-8-9-16-27(31(39)41-7)35-29(37)28-17-13-20-36(28)30(38)25(22-24-14-11-10-12-15-24)18-19-26(21-23(2)3)34-32(40)42-33(4,5)6/h10-12,14-15,18-19,23,25-28H,8-9,13,16-17,20-22H2,1-7H3,(H,34,40)(H,35,37)/b19-18+/t25-,26-,27+,28+/m1/s1. The molecule has 4 atom stereocenters. The van der Waals surface area contributed by atoms with Gasteiger partial charge in [0.05, 0.1) is 19.1 Å². The number of methoxy groups -OCH3 is 1. The lowest BCUT2D eigenvalue weighted by molar-refractivity contribution is -0.146. The van der Waals surface area contributed by atoms with Gasteiger partial charge in [-0.2, -0.15) is 0 Å². The summed E-state index contributed by atoms with van der Waals surface area (Å²) in [7, 11) is 1.31. The normalized spacial score (nSPS) is 17.5. The largest absolute Gasteiger partial charge is 0.467 e. The maximum Gasteiger partial charge on any atom is 0.408 e. The lowest BCUT2D eigenvalue weighted by Gasteiger charge is -2.29. The van der Waals surface area contributed by atoms with Gasteiger partial charge in [0.2, 0.25) is 11.8 Å². The fourth-order valence-electron chi connectivity index (χ4n) is 5.11. The predicted molar refractivity (Wildman–Crippen MR) is 164 cm³/mol. The first-order chi connectivity index (χ1) is 19.8. The Labute approximate surface area is 251 Å². The Balaban J connectivity index is 2.29. The number of amides is 3. The van der Waals surface area contributed by atoms with Crippen LogP contribution < -0.4 is 10.6 Å². The van der Waals surface area contributed by atoms with Crippen molar-refractivity contribution in [3.8, 4) is 0 Å². The summed E-state index contributed by atoms with van der Waals surface area (Å²) in [6.45, 7) is 12.1. The molecular weight excluding hydrogens is 534 g/mol. The Hall–Kier alpha value is -3.36. The lowest BCUT2D eigenvalue weighted by Crippen LogP contribution is -2.52. The Bertz CT molecular complexity index is 1050. The van der Waals surface area contributed by atoms with Crippen LogP contribution in [0.3, 0.4) is 0 Å². The Morgan fingerprint density at radius 3 is 2.36 bits per heavy atom. The number of carbonyl (C=O) groups excluding carboxylic acids is 4. The topological polar surface area (TPSA) is 114 Å². The van der Waals surface area contributed by atoms with Crippen LogP contribution in [0.5, 0.6) is 0 Å². The van der Waals surface area contributed by atoms with Crippen LogP contribution in [0.2, 0.25) is 0 Å². The van der Waals surface area contributed by atoms with Crippen LogP contribution in [-0.2, 0) is 30.3 Å². The smallest absolute Gasteiger partial charge is 0.408 e. The first kappa shape index (κ1) is 34.8. The van der Waals surface area contributed by atoms with Gasteiger partial charge in [-0.3, -0.25) is 9.59 Å². The molecule has 234 valence electrons. The first-order valence-corrected chi connectivity index (χ1v) is 15.2. The highest BCUT2D eigenvalue weighted by atomic mass is 16.6. The fourth-order valence-corrected chi connectivity index (χ4v) is 5.11. The highest BCUT2D eigenvalue weighted by Crippen LogP contribution is 2.24. The van der Waals surface area contributed by atoms with E-state index >= 15 is 0 Å². The van der Waals surface area contributed by atoms with E-state index in [1.54, 1.807) is 4.90 Å². The SMILES string of the molecule is CCCC[C@H](NC(=O)[C@@H]1CCCN1C(=O)[C@H](/C=C/[C@H](CC(C)C)NC(=O)OC(C)(C)C)Cc1ccccc1)C(=O)OC. The molecular formula is C33H51N3O6. The molecule has 1 heterocycles. The van der Waals surface area contributed by atoms with Crippen LogP contribution in [0.1, 0.15) is 85.6 Å². The molecule has 3 amide bonds. The minimum absolute atomic E-state index is 0.156. The van der Waals surface area contributed by atoms with Crippen molar-refractivity contribution in [2.45, 2.75) is 110 Å². The first-order valence-electron chi connectivity index (χ1n) is 15.2. The molecule has 0 radical (unpaired) electrons. The summed E-state index contributed by atoms with van der Waals surface area (Å²) < 4.78 is 10.4. The van der Waals surface area contributed by atoms with Gasteiger partial charge in [-0.1, -0.05) is 76.1 Å². The van der Waals surface area contributed by atoms with Crippen LogP contribution in [-0.4, -0.2) is 66.2 Å². The van der Waals surface area contributed by atoms with Gasteiger partial charge >= 0.3 is 12.1 Å². The van der Waals surface area contributed by atoms with Gasteiger partial charge in [0.25, 0.3) is 0 Å². The molecule has 1 saturated heterocycles. The summed E-state index contributed by atoms with van der Waals surface area (Å²) in [5, 5.41) is 5.78. The summed E-state index contributed by atoms with van der Waals surface area (Å²) >= 11 is 0. The van der Waals surface area contributed by atoms with Crippen molar-refractivity contribution < 1.29 is 28.7 Å². The molecule has 1 fully saturated rings. The maximum atomic E-state index is 14.0. The Morgan fingerprint density at radius 1 is 1.07 bits per heavy atom. The number of ether oxygens (including phenoxy) is 2. The van der Waals surface area contributed by atoms with Crippen molar-refractivity contribution in [1.82, 2.24) is 15.5 Å². The monoisotopic (exact) mass is 585 g/mol. The third-order valence-corrected chi connectivity index (χ3v) is 7.11. The number of hydrogen-bond acceptors (Lipinski definition) is 6. The quantitative estimate of drug-likeness (QED) is 0.230. The molecule has 42 heavy (non-hydrogen) atoms. The number of unbranched alkanes of at least 4 members (excludes halogenated alkanes) is 1. The van der Waals surface area contributed by atoms with Crippen LogP contribution >= 0.6 is 0 Å². The zero-order valence-electron chi connectivity index (χ0n) is 26.5. The van der Waals surface area contributed by atoms with Crippen molar-refractivity contribution >= 4 is 23.9 Å². The summed E-state index contributed by atoms with van der Waals surface area (Å²) in [4.78, 5) is 53.9. The molecule has 1 aliphatic rings. The molecule has 0 saturated carbocycles. The van der Waals surface area contributed by atoms with Gasteiger partial charge in [0.1, 0.15) is 17.7 Å². The lowest BCUT2D eigenvalue weighted by atomic mass is 9.95. The van der Waals surface area contributed by atoms with Crippen molar-refractivity contribution in [1.29, 1.82) is 0 Å². The maximum absolute atomic E-state index is 14.0. The van der Waals surface area contributed by atoms with E-state index in [-0.39, 0.29) is 17.9 Å². The van der Waals surface area contributed by atoms with Crippen LogP contribution in [0.15, 0.2) is 42.5 Å². The molecule has 0 unspecified atom stereocenters. The summed E-state index contributed by atoms with van der Waals surface area (Å²) in [6.07, 6.45) is 7.69. The molecule has 9 nitrogen and oxygen atoms in total. The Kier molecular flexibility index (Phi) is 14.0. The average Bonchev–Trinajstić information content (AvgIpc) is 3.41. The van der Waals surface area contributed by atoms with E-state index in [1.165, 1.54) is 7.11 Å². The number of nitrogens with zero attached hydrogens (tertiary/aromatic N) is 1. The second-order valence-corrected chi connectivity index (χ2v) is 12.5. The van der Waals surface area contributed by atoms with E-state index < -0.39 is 35.7 Å². The second-order valence-electron chi connectivity index (χ2n) is 12.5. The van der Waals surface area contributed by atoms with Gasteiger partial charge < -0.3 is 25.0 Å². The molecule has 0 aliphatic carbocycles. The fraction of sp³-hybridized carbons (Fsp3) is 0.636. The van der Waals surface area contributed by atoms with Gasteiger partial charge in [-0.15, -0.1) is 0 Å². The summed E-state index contributed by atoms with van der Waals surface area (Å²) in [5.41, 5.74) is 0.364. The molecule has 2 N–H and O–H groups in total. The second kappa shape index (κ2) is 16.9. The zero-order chi connectivity index (χ0) is 31.3. The van der Waals surface area contributed by atoms with E-state index in [0.717, 1.165) is 18.4 Å².